The average molecular weight is 342 g/mol. The van der Waals surface area contributed by atoms with Crippen molar-refractivity contribution in [3.63, 3.8) is 0 Å². The molecule has 0 aliphatic heterocycles. The summed E-state index contributed by atoms with van der Waals surface area (Å²) in [6.45, 7) is 7.75. The molecule has 0 bridgehead atoms. The van der Waals surface area contributed by atoms with Gasteiger partial charge in [-0.1, -0.05) is 79.6 Å². The highest BCUT2D eigenvalue weighted by Gasteiger charge is 2.26. The summed E-state index contributed by atoms with van der Waals surface area (Å²) in [5.74, 6) is -1.06. The minimum absolute atomic E-state index is 0.133. The summed E-state index contributed by atoms with van der Waals surface area (Å²) < 4.78 is 4.71. The molecule has 0 saturated heterocycles. The van der Waals surface area contributed by atoms with Crippen LogP contribution in [0.3, 0.4) is 0 Å². The first-order valence-corrected chi connectivity index (χ1v) is 8.77. The van der Waals surface area contributed by atoms with E-state index in [-0.39, 0.29) is 11.9 Å². The number of rotatable bonds is 8. The summed E-state index contributed by atoms with van der Waals surface area (Å²) in [5.41, 5.74) is 3.44. The Labute approximate surface area is 151 Å². The zero-order valence-electron chi connectivity index (χ0n) is 15.9. The number of ether oxygens (including phenoxy) is 1. The monoisotopic (exact) mass is 342 g/mol. The molecule has 1 aromatic carbocycles. The Morgan fingerprint density at radius 1 is 1.24 bits per heavy atom. The minimum Gasteiger partial charge on any atom is -0.469 e. The summed E-state index contributed by atoms with van der Waals surface area (Å²) in [4.78, 5) is 11.6. The van der Waals surface area contributed by atoms with Crippen LogP contribution in [-0.2, 0) is 9.53 Å². The van der Waals surface area contributed by atoms with Gasteiger partial charge in [0.1, 0.15) is 0 Å². The maximum Gasteiger partial charge on any atom is 0.311 e. The Morgan fingerprint density at radius 2 is 1.88 bits per heavy atom. The molecule has 0 aromatic heterocycles. The Balaban J connectivity index is 2.83. The molecule has 0 radical (unpaired) electrons. The van der Waals surface area contributed by atoms with Gasteiger partial charge in [-0.25, -0.2) is 0 Å². The molecule has 0 aliphatic carbocycles. The molecule has 0 fully saturated rings. The van der Waals surface area contributed by atoms with Crippen molar-refractivity contribution in [2.75, 3.05) is 7.11 Å². The molecule has 3 atom stereocenters. The number of hydrogen-bond donors (Lipinski definition) is 1. The third-order valence-corrected chi connectivity index (χ3v) is 4.26. The lowest BCUT2D eigenvalue weighted by atomic mass is 9.91. The highest BCUT2D eigenvalue weighted by Crippen LogP contribution is 2.20. The first-order chi connectivity index (χ1) is 11.9. The van der Waals surface area contributed by atoms with E-state index in [1.54, 1.807) is 6.92 Å². The SMILES string of the molecule is CCC(/C=C(C)/C=C/c1ccccc1)=C\C(C)C(O)C(C)C(=O)OC. The summed E-state index contributed by atoms with van der Waals surface area (Å²) in [6, 6.07) is 10.2. The molecule has 0 amide bonds. The first-order valence-electron chi connectivity index (χ1n) is 8.77. The lowest BCUT2D eigenvalue weighted by molar-refractivity contribution is -0.149. The number of esters is 1. The lowest BCUT2D eigenvalue weighted by Crippen LogP contribution is -2.31. The predicted octanol–water partition coefficient (Wildman–Crippen LogP) is 4.79. The van der Waals surface area contributed by atoms with Gasteiger partial charge in [0, 0.05) is 5.92 Å². The summed E-state index contributed by atoms with van der Waals surface area (Å²) in [6.07, 6.45) is 8.41. The van der Waals surface area contributed by atoms with E-state index < -0.39 is 12.0 Å². The van der Waals surface area contributed by atoms with Crippen molar-refractivity contribution in [2.45, 2.75) is 40.2 Å². The quantitative estimate of drug-likeness (QED) is 0.546. The van der Waals surface area contributed by atoms with E-state index in [4.69, 9.17) is 4.74 Å². The van der Waals surface area contributed by atoms with E-state index in [1.165, 1.54) is 7.11 Å². The standard InChI is InChI=1S/C22H30O3/c1-6-19(15-17(3)21(23)18(4)22(24)25-5)14-16(2)12-13-20-10-8-7-9-11-20/h7-15,17-18,21,23H,6H2,1-5H3/b13-12+,16-14+,19-15+. The van der Waals surface area contributed by atoms with Crippen LogP contribution in [0.2, 0.25) is 0 Å². The van der Waals surface area contributed by atoms with Crippen LogP contribution >= 0.6 is 0 Å². The van der Waals surface area contributed by atoms with Crippen molar-refractivity contribution < 1.29 is 14.6 Å². The van der Waals surface area contributed by atoms with Crippen molar-refractivity contribution in [3.05, 3.63) is 65.3 Å². The van der Waals surface area contributed by atoms with Crippen LogP contribution < -0.4 is 0 Å². The van der Waals surface area contributed by atoms with Crippen molar-refractivity contribution >= 4 is 12.0 Å². The maximum absolute atomic E-state index is 11.6. The van der Waals surface area contributed by atoms with Crippen LogP contribution in [0.25, 0.3) is 6.08 Å². The molecule has 1 N–H and O–H groups in total. The normalized spacial score (nSPS) is 16.6. The summed E-state index contributed by atoms with van der Waals surface area (Å²) in [5, 5.41) is 10.3. The van der Waals surface area contributed by atoms with E-state index in [0.717, 1.165) is 23.1 Å². The molecule has 3 nitrogen and oxygen atoms in total. The van der Waals surface area contributed by atoms with Crippen LogP contribution in [0.15, 0.2) is 59.7 Å². The number of aliphatic hydroxyl groups is 1. The van der Waals surface area contributed by atoms with Gasteiger partial charge >= 0.3 is 5.97 Å². The van der Waals surface area contributed by atoms with Crippen LogP contribution in [-0.4, -0.2) is 24.3 Å². The Hall–Kier alpha value is -2.13. The molecule has 3 unspecified atom stereocenters. The molecule has 0 spiro atoms. The Morgan fingerprint density at radius 3 is 2.44 bits per heavy atom. The number of hydrogen-bond acceptors (Lipinski definition) is 3. The fraction of sp³-hybridized carbons (Fsp3) is 0.409. The second-order valence-electron chi connectivity index (χ2n) is 6.39. The highest BCUT2D eigenvalue weighted by atomic mass is 16.5. The van der Waals surface area contributed by atoms with Gasteiger partial charge in [0.05, 0.1) is 19.1 Å². The molecular weight excluding hydrogens is 312 g/mol. The Bertz CT molecular complexity index is 626. The van der Waals surface area contributed by atoms with E-state index in [9.17, 15) is 9.90 Å². The maximum atomic E-state index is 11.6. The number of allylic oxidation sites excluding steroid dienone is 4. The zero-order chi connectivity index (χ0) is 18.8. The van der Waals surface area contributed by atoms with Gasteiger partial charge in [0.2, 0.25) is 0 Å². The molecule has 1 rings (SSSR count). The molecule has 1 aromatic rings. The smallest absolute Gasteiger partial charge is 0.311 e. The zero-order valence-corrected chi connectivity index (χ0v) is 15.9. The van der Waals surface area contributed by atoms with Gasteiger partial charge in [0.15, 0.2) is 0 Å². The van der Waals surface area contributed by atoms with Crippen LogP contribution in [0.5, 0.6) is 0 Å². The largest absolute Gasteiger partial charge is 0.469 e. The van der Waals surface area contributed by atoms with E-state index in [1.807, 2.05) is 31.2 Å². The average Bonchev–Trinajstić information content (AvgIpc) is 2.64. The molecule has 0 aliphatic rings. The van der Waals surface area contributed by atoms with Crippen LogP contribution in [0.4, 0.5) is 0 Å². The van der Waals surface area contributed by atoms with Crippen molar-refractivity contribution in [3.8, 4) is 0 Å². The topological polar surface area (TPSA) is 46.5 Å². The van der Waals surface area contributed by atoms with E-state index >= 15 is 0 Å². The van der Waals surface area contributed by atoms with Crippen molar-refractivity contribution in [1.82, 2.24) is 0 Å². The highest BCUT2D eigenvalue weighted by molar-refractivity contribution is 5.72. The van der Waals surface area contributed by atoms with Gasteiger partial charge in [-0.05, 0) is 25.8 Å². The minimum atomic E-state index is -0.762. The van der Waals surface area contributed by atoms with Gasteiger partial charge in [-0.3, -0.25) is 4.79 Å². The third-order valence-electron chi connectivity index (χ3n) is 4.26. The summed E-state index contributed by atoms with van der Waals surface area (Å²) in [7, 11) is 1.34. The Kier molecular flexibility index (Phi) is 8.93. The van der Waals surface area contributed by atoms with E-state index in [0.29, 0.717) is 0 Å². The summed E-state index contributed by atoms with van der Waals surface area (Å²) >= 11 is 0. The fourth-order valence-electron chi connectivity index (χ4n) is 2.62. The molecule has 136 valence electrons. The van der Waals surface area contributed by atoms with Gasteiger partial charge in [0.25, 0.3) is 0 Å². The van der Waals surface area contributed by atoms with Gasteiger partial charge < -0.3 is 9.84 Å². The number of methoxy groups -OCH3 is 1. The fourth-order valence-corrected chi connectivity index (χ4v) is 2.62. The number of carbonyl (C=O) groups is 1. The van der Waals surface area contributed by atoms with Crippen LogP contribution in [0.1, 0.15) is 39.7 Å². The van der Waals surface area contributed by atoms with Gasteiger partial charge in [-0.15, -0.1) is 0 Å². The molecule has 0 saturated carbocycles. The molecule has 0 heterocycles. The van der Waals surface area contributed by atoms with Gasteiger partial charge in [-0.2, -0.15) is 0 Å². The molecular formula is C22H30O3. The predicted molar refractivity (Wildman–Crippen MR) is 104 cm³/mol. The van der Waals surface area contributed by atoms with E-state index in [2.05, 4.69) is 44.2 Å². The second kappa shape index (κ2) is 10.7. The number of aliphatic hydroxyl groups excluding tert-OH is 1. The lowest BCUT2D eigenvalue weighted by Gasteiger charge is -2.21. The molecule has 3 heteroatoms. The van der Waals surface area contributed by atoms with Crippen molar-refractivity contribution in [2.24, 2.45) is 11.8 Å². The second-order valence-corrected chi connectivity index (χ2v) is 6.39. The van der Waals surface area contributed by atoms with Crippen LogP contribution in [0, 0.1) is 11.8 Å². The number of carbonyl (C=O) groups excluding carboxylic acids is 1. The van der Waals surface area contributed by atoms with Crippen molar-refractivity contribution in [1.29, 1.82) is 0 Å². The molecule has 25 heavy (non-hydrogen) atoms. The third kappa shape index (κ3) is 7.10. The first kappa shape index (κ1) is 20.9. The number of benzene rings is 1.